The van der Waals surface area contributed by atoms with Crippen LogP contribution in [0.3, 0.4) is 0 Å². The summed E-state index contributed by atoms with van der Waals surface area (Å²) in [5.74, 6) is -0.708. The first-order valence-corrected chi connectivity index (χ1v) is 6.02. The molecule has 5 nitrogen and oxygen atoms in total. The Labute approximate surface area is 104 Å². The molecule has 0 saturated carbocycles. The van der Waals surface area contributed by atoms with Gasteiger partial charge in [0.2, 0.25) is 11.8 Å². The van der Waals surface area contributed by atoms with Gasteiger partial charge >= 0.3 is 0 Å². The minimum atomic E-state index is -0.612. The van der Waals surface area contributed by atoms with Crippen molar-refractivity contribution in [2.75, 3.05) is 13.1 Å². The molecule has 0 spiro atoms. The van der Waals surface area contributed by atoms with Gasteiger partial charge in [0, 0.05) is 6.54 Å². The van der Waals surface area contributed by atoms with E-state index in [1.807, 2.05) is 27.7 Å². The molecule has 0 saturated heterocycles. The molecular weight excluding hydrogens is 218 g/mol. The second kappa shape index (κ2) is 6.59. The molecular formula is C12H25N3O2. The highest BCUT2D eigenvalue weighted by Gasteiger charge is 2.31. The monoisotopic (exact) mass is 243 g/mol. The number of carbonyl (C=O) groups excluding carboxylic acids is 2. The molecule has 0 aromatic heterocycles. The van der Waals surface area contributed by atoms with E-state index < -0.39 is 11.9 Å². The van der Waals surface area contributed by atoms with Crippen LogP contribution in [-0.2, 0) is 9.59 Å². The summed E-state index contributed by atoms with van der Waals surface area (Å²) in [5, 5.41) is 0. The van der Waals surface area contributed by atoms with Gasteiger partial charge in [-0.3, -0.25) is 9.59 Å². The molecule has 100 valence electrons. The molecule has 0 aliphatic carbocycles. The maximum absolute atomic E-state index is 12.1. The van der Waals surface area contributed by atoms with Gasteiger partial charge in [-0.05, 0) is 11.8 Å². The Morgan fingerprint density at radius 3 is 2.18 bits per heavy atom. The molecule has 0 aliphatic heterocycles. The van der Waals surface area contributed by atoms with Crippen molar-refractivity contribution < 1.29 is 9.59 Å². The molecule has 0 aliphatic rings. The van der Waals surface area contributed by atoms with E-state index in [-0.39, 0.29) is 17.9 Å². The third-order valence-corrected chi connectivity index (χ3v) is 2.64. The van der Waals surface area contributed by atoms with E-state index in [0.717, 1.165) is 12.8 Å². The molecule has 0 bridgehead atoms. The Kier molecular flexibility index (Phi) is 6.16. The lowest BCUT2D eigenvalue weighted by molar-refractivity contribution is -0.138. The highest BCUT2D eigenvalue weighted by molar-refractivity contribution is 5.87. The van der Waals surface area contributed by atoms with E-state index in [4.69, 9.17) is 11.5 Å². The first-order valence-electron chi connectivity index (χ1n) is 6.02. The number of rotatable bonds is 6. The van der Waals surface area contributed by atoms with Gasteiger partial charge in [0.15, 0.2) is 0 Å². The van der Waals surface area contributed by atoms with Crippen LogP contribution in [0.15, 0.2) is 0 Å². The number of primary amides is 1. The molecule has 0 heterocycles. The van der Waals surface area contributed by atoms with Crippen molar-refractivity contribution in [3.8, 4) is 0 Å². The average Bonchev–Trinajstić information content (AvgIpc) is 2.20. The van der Waals surface area contributed by atoms with Gasteiger partial charge in [-0.2, -0.15) is 0 Å². The molecule has 0 aromatic carbocycles. The van der Waals surface area contributed by atoms with E-state index in [1.54, 1.807) is 0 Å². The third kappa shape index (κ3) is 5.68. The van der Waals surface area contributed by atoms with Gasteiger partial charge in [-0.1, -0.05) is 34.1 Å². The molecule has 5 heteroatoms. The Bertz CT molecular complexity index is 271. The van der Waals surface area contributed by atoms with Crippen molar-refractivity contribution in [3.05, 3.63) is 0 Å². The summed E-state index contributed by atoms with van der Waals surface area (Å²) < 4.78 is 0. The van der Waals surface area contributed by atoms with Gasteiger partial charge in [0.25, 0.3) is 0 Å². The van der Waals surface area contributed by atoms with Crippen molar-refractivity contribution in [1.82, 2.24) is 4.90 Å². The van der Waals surface area contributed by atoms with Crippen LogP contribution in [0.1, 0.15) is 40.5 Å². The number of hydrogen-bond acceptors (Lipinski definition) is 3. The fourth-order valence-electron chi connectivity index (χ4n) is 1.37. The number of amides is 2. The van der Waals surface area contributed by atoms with Crippen LogP contribution in [0.5, 0.6) is 0 Å². The SMILES string of the molecule is CCCCN(CC(N)=O)C(=O)[C@@H](N)C(C)(C)C. The zero-order valence-corrected chi connectivity index (χ0v) is 11.3. The van der Waals surface area contributed by atoms with Crippen molar-refractivity contribution in [3.63, 3.8) is 0 Å². The quantitative estimate of drug-likeness (QED) is 0.710. The Morgan fingerprint density at radius 2 is 1.82 bits per heavy atom. The van der Waals surface area contributed by atoms with E-state index >= 15 is 0 Å². The van der Waals surface area contributed by atoms with Crippen molar-refractivity contribution in [2.24, 2.45) is 16.9 Å². The van der Waals surface area contributed by atoms with E-state index in [2.05, 4.69) is 0 Å². The summed E-state index contributed by atoms with van der Waals surface area (Å²) in [6, 6.07) is -0.612. The van der Waals surface area contributed by atoms with Crippen LogP contribution in [-0.4, -0.2) is 35.8 Å². The topological polar surface area (TPSA) is 89.4 Å². The third-order valence-electron chi connectivity index (χ3n) is 2.64. The first kappa shape index (κ1) is 15.9. The summed E-state index contributed by atoms with van der Waals surface area (Å²) in [6.45, 7) is 8.20. The zero-order chi connectivity index (χ0) is 13.6. The van der Waals surface area contributed by atoms with Gasteiger partial charge in [-0.25, -0.2) is 0 Å². The smallest absolute Gasteiger partial charge is 0.240 e. The lowest BCUT2D eigenvalue weighted by atomic mass is 9.86. The van der Waals surface area contributed by atoms with Gasteiger partial charge in [0.1, 0.15) is 0 Å². The van der Waals surface area contributed by atoms with Crippen molar-refractivity contribution in [1.29, 1.82) is 0 Å². The van der Waals surface area contributed by atoms with Crippen LogP contribution in [0.25, 0.3) is 0 Å². The highest BCUT2D eigenvalue weighted by Crippen LogP contribution is 2.19. The van der Waals surface area contributed by atoms with E-state index in [9.17, 15) is 9.59 Å². The van der Waals surface area contributed by atoms with Gasteiger partial charge in [0.05, 0.1) is 12.6 Å². The number of hydrogen-bond donors (Lipinski definition) is 2. The molecule has 0 aromatic rings. The molecule has 0 unspecified atom stereocenters. The largest absolute Gasteiger partial charge is 0.368 e. The summed E-state index contributed by atoms with van der Waals surface area (Å²) in [6.07, 6.45) is 1.79. The van der Waals surface area contributed by atoms with Crippen molar-refractivity contribution >= 4 is 11.8 Å². The molecule has 4 N–H and O–H groups in total. The normalized spacial score (nSPS) is 13.2. The summed E-state index contributed by atoms with van der Waals surface area (Å²) >= 11 is 0. The fourth-order valence-corrected chi connectivity index (χ4v) is 1.37. The maximum atomic E-state index is 12.1. The molecule has 0 fully saturated rings. The lowest BCUT2D eigenvalue weighted by Gasteiger charge is -2.31. The van der Waals surface area contributed by atoms with Crippen LogP contribution in [0.2, 0.25) is 0 Å². The fraction of sp³-hybridized carbons (Fsp3) is 0.833. The summed E-state index contributed by atoms with van der Waals surface area (Å²) in [4.78, 5) is 24.5. The van der Waals surface area contributed by atoms with E-state index in [0.29, 0.717) is 6.54 Å². The van der Waals surface area contributed by atoms with Crippen LogP contribution < -0.4 is 11.5 Å². The number of carbonyl (C=O) groups is 2. The first-order chi connectivity index (χ1) is 7.70. The summed E-state index contributed by atoms with van der Waals surface area (Å²) in [5.41, 5.74) is 10.7. The Balaban J connectivity index is 4.67. The maximum Gasteiger partial charge on any atom is 0.240 e. The number of nitrogens with zero attached hydrogens (tertiary/aromatic N) is 1. The second-order valence-electron chi connectivity index (χ2n) is 5.42. The van der Waals surface area contributed by atoms with Gasteiger partial charge < -0.3 is 16.4 Å². The predicted octanol–water partition coefficient (Wildman–Crippen LogP) is 0.474. The molecule has 17 heavy (non-hydrogen) atoms. The Morgan fingerprint density at radius 1 is 1.29 bits per heavy atom. The number of unbranched alkanes of at least 4 members (excludes halogenated alkanes) is 1. The van der Waals surface area contributed by atoms with Gasteiger partial charge in [-0.15, -0.1) is 0 Å². The Hall–Kier alpha value is -1.10. The van der Waals surface area contributed by atoms with Crippen LogP contribution >= 0.6 is 0 Å². The minimum absolute atomic E-state index is 0.0530. The van der Waals surface area contributed by atoms with E-state index in [1.165, 1.54) is 4.90 Å². The molecule has 2 amide bonds. The zero-order valence-electron chi connectivity index (χ0n) is 11.3. The lowest BCUT2D eigenvalue weighted by Crippen LogP contribution is -2.52. The van der Waals surface area contributed by atoms with Crippen molar-refractivity contribution in [2.45, 2.75) is 46.6 Å². The second-order valence-corrected chi connectivity index (χ2v) is 5.42. The van der Waals surface area contributed by atoms with Crippen LogP contribution in [0, 0.1) is 5.41 Å². The number of nitrogens with two attached hydrogens (primary N) is 2. The average molecular weight is 243 g/mol. The minimum Gasteiger partial charge on any atom is -0.368 e. The summed E-state index contributed by atoms with van der Waals surface area (Å²) in [7, 11) is 0. The standard InChI is InChI=1S/C12H25N3O2/c1-5-6-7-15(8-9(13)16)11(17)10(14)12(2,3)4/h10H,5-8,14H2,1-4H3,(H2,13,16)/t10-/m1/s1. The predicted molar refractivity (Wildman–Crippen MR) is 68.1 cm³/mol. The van der Waals surface area contributed by atoms with Crippen LogP contribution in [0.4, 0.5) is 0 Å². The molecule has 0 rings (SSSR count). The highest BCUT2D eigenvalue weighted by atomic mass is 16.2. The molecule has 0 radical (unpaired) electrons. The molecule has 1 atom stereocenters.